The fourth-order valence-corrected chi connectivity index (χ4v) is 1.77. The Labute approximate surface area is 125 Å². The minimum Gasteiger partial charge on any atom is -0.410 e. The van der Waals surface area contributed by atoms with Crippen molar-refractivity contribution < 1.29 is 14.5 Å². The van der Waals surface area contributed by atoms with Crippen LogP contribution >= 0.6 is 11.6 Å². The summed E-state index contributed by atoms with van der Waals surface area (Å²) in [5, 5.41) is 13.8. The minimum absolute atomic E-state index is 0.0737. The molecule has 2 aromatic carbocycles. The van der Waals surface area contributed by atoms with E-state index >= 15 is 0 Å². The Balaban J connectivity index is 2.12. The van der Waals surface area contributed by atoms with E-state index in [1.165, 1.54) is 24.3 Å². The highest BCUT2D eigenvalue weighted by Crippen LogP contribution is 2.25. The van der Waals surface area contributed by atoms with Gasteiger partial charge in [0.05, 0.1) is 4.92 Å². The molecule has 0 radical (unpaired) electrons. The summed E-state index contributed by atoms with van der Waals surface area (Å²) in [6.45, 7) is 1.73. The van der Waals surface area contributed by atoms with Crippen molar-refractivity contribution in [3.8, 4) is 5.75 Å². The van der Waals surface area contributed by atoms with E-state index in [2.05, 4.69) is 5.32 Å². The first kappa shape index (κ1) is 14.8. The lowest BCUT2D eigenvalue weighted by atomic mass is 10.2. The molecule has 21 heavy (non-hydrogen) atoms. The van der Waals surface area contributed by atoms with E-state index in [0.717, 1.165) is 5.56 Å². The molecule has 0 saturated heterocycles. The number of nitrogens with one attached hydrogen (secondary N) is 1. The maximum absolute atomic E-state index is 11.7. The van der Waals surface area contributed by atoms with E-state index in [-0.39, 0.29) is 17.1 Å². The molecule has 0 aliphatic carbocycles. The quantitative estimate of drug-likeness (QED) is 0.681. The number of hydrogen-bond acceptors (Lipinski definition) is 4. The monoisotopic (exact) mass is 306 g/mol. The van der Waals surface area contributed by atoms with Crippen molar-refractivity contribution >= 4 is 29.1 Å². The first-order valence-corrected chi connectivity index (χ1v) is 6.33. The number of ether oxygens (including phenoxy) is 1. The molecule has 0 spiro atoms. The predicted octanol–water partition coefficient (Wildman–Crippen LogP) is 4.17. The molecule has 1 N–H and O–H groups in total. The third-order valence-corrected chi connectivity index (χ3v) is 2.86. The van der Waals surface area contributed by atoms with Crippen LogP contribution in [-0.4, -0.2) is 11.0 Å². The van der Waals surface area contributed by atoms with E-state index in [0.29, 0.717) is 5.02 Å². The van der Waals surface area contributed by atoms with Crippen molar-refractivity contribution in [2.75, 3.05) is 5.32 Å². The van der Waals surface area contributed by atoms with Gasteiger partial charge < -0.3 is 4.74 Å². The summed E-state index contributed by atoms with van der Waals surface area (Å²) in [7, 11) is 0. The first-order chi connectivity index (χ1) is 9.95. The number of nitro groups is 1. The Hall–Kier alpha value is -2.60. The molecule has 0 saturated carbocycles. The molecule has 0 aliphatic heterocycles. The Bertz CT molecular complexity index is 686. The average molecular weight is 307 g/mol. The molecule has 2 rings (SSSR count). The Morgan fingerprint density at radius 1 is 1.24 bits per heavy atom. The zero-order chi connectivity index (χ0) is 15.4. The number of anilines is 1. The summed E-state index contributed by atoms with van der Waals surface area (Å²) in [6, 6.07) is 10.7. The molecule has 0 atom stereocenters. The number of carbonyl (C=O) groups is 1. The van der Waals surface area contributed by atoms with Crippen LogP contribution in [0, 0.1) is 17.0 Å². The number of halogens is 1. The van der Waals surface area contributed by atoms with Gasteiger partial charge >= 0.3 is 6.09 Å². The van der Waals surface area contributed by atoms with Crippen molar-refractivity contribution in [2.24, 2.45) is 0 Å². The number of carbonyl (C=O) groups excluding carboxylic acids is 1. The normalized spacial score (nSPS) is 10.0. The van der Waals surface area contributed by atoms with Crippen molar-refractivity contribution in [2.45, 2.75) is 6.92 Å². The standard InChI is InChI=1S/C14H11ClN2O4/c1-9-2-7-12(13(8-9)17(19)20)16-14(18)21-11-5-3-10(15)4-6-11/h2-8H,1H3,(H,16,18). The first-order valence-electron chi connectivity index (χ1n) is 5.95. The lowest BCUT2D eigenvalue weighted by molar-refractivity contribution is -0.384. The van der Waals surface area contributed by atoms with Crippen LogP contribution in [0.1, 0.15) is 5.56 Å². The van der Waals surface area contributed by atoms with Gasteiger partial charge in [-0.2, -0.15) is 0 Å². The van der Waals surface area contributed by atoms with E-state index in [1.54, 1.807) is 25.1 Å². The van der Waals surface area contributed by atoms with Gasteiger partial charge in [-0.05, 0) is 42.8 Å². The SMILES string of the molecule is Cc1ccc(NC(=O)Oc2ccc(Cl)cc2)c([N+](=O)[O-])c1. The molecular weight excluding hydrogens is 296 g/mol. The molecule has 6 nitrogen and oxygen atoms in total. The molecule has 0 aromatic heterocycles. The van der Waals surface area contributed by atoms with Gasteiger partial charge in [0.2, 0.25) is 0 Å². The summed E-state index contributed by atoms with van der Waals surface area (Å²) in [6.07, 6.45) is -0.815. The molecule has 0 fully saturated rings. The van der Waals surface area contributed by atoms with Gasteiger partial charge in [0.15, 0.2) is 0 Å². The minimum atomic E-state index is -0.815. The van der Waals surface area contributed by atoms with Crippen LogP contribution in [0.15, 0.2) is 42.5 Å². The molecule has 0 heterocycles. The number of nitrogens with zero attached hydrogens (tertiary/aromatic N) is 1. The van der Waals surface area contributed by atoms with Crippen LogP contribution in [0.2, 0.25) is 5.02 Å². The van der Waals surface area contributed by atoms with Gasteiger partial charge in [0, 0.05) is 11.1 Å². The fourth-order valence-electron chi connectivity index (χ4n) is 1.64. The highest BCUT2D eigenvalue weighted by molar-refractivity contribution is 6.30. The maximum atomic E-state index is 11.7. The molecule has 1 amide bonds. The molecule has 0 aliphatic rings. The molecule has 0 unspecified atom stereocenters. The van der Waals surface area contributed by atoms with Crippen LogP contribution in [0.3, 0.4) is 0 Å². The predicted molar refractivity (Wildman–Crippen MR) is 78.9 cm³/mol. The Morgan fingerprint density at radius 3 is 2.52 bits per heavy atom. The highest BCUT2D eigenvalue weighted by atomic mass is 35.5. The third kappa shape index (κ3) is 3.93. The van der Waals surface area contributed by atoms with Crippen molar-refractivity contribution in [3.63, 3.8) is 0 Å². The second kappa shape index (κ2) is 6.23. The second-order valence-corrected chi connectivity index (χ2v) is 4.68. The van der Waals surface area contributed by atoms with E-state index in [4.69, 9.17) is 16.3 Å². The van der Waals surface area contributed by atoms with Crippen molar-refractivity contribution in [1.29, 1.82) is 0 Å². The summed E-state index contributed by atoms with van der Waals surface area (Å²) in [5.74, 6) is 0.284. The lowest BCUT2D eigenvalue weighted by Crippen LogP contribution is -2.17. The number of benzene rings is 2. The van der Waals surface area contributed by atoms with Crippen molar-refractivity contribution in [1.82, 2.24) is 0 Å². The van der Waals surface area contributed by atoms with Gasteiger partial charge in [-0.3, -0.25) is 15.4 Å². The Morgan fingerprint density at radius 2 is 1.90 bits per heavy atom. The number of nitro benzene ring substituents is 1. The lowest BCUT2D eigenvalue weighted by Gasteiger charge is -2.07. The maximum Gasteiger partial charge on any atom is 0.417 e. The van der Waals surface area contributed by atoms with Crippen LogP contribution in [0.4, 0.5) is 16.2 Å². The van der Waals surface area contributed by atoms with Gasteiger partial charge in [-0.1, -0.05) is 17.7 Å². The van der Waals surface area contributed by atoms with E-state index < -0.39 is 11.0 Å². The highest BCUT2D eigenvalue weighted by Gasteiger charge is 2.16. The zero-order valence-corrected chi connectivity index (χ0v) is 11.8. The Kier molecular flexibility index (Phi) is 4.39. The van der Waals surface area contributed by atoms with Gasteiger partial charge in [-0.25, -0.2) is 4.79 Å². The fraction of sp³-hybridized carbons (Fsp3) is 0.0714. The van der Waals surface area contributed by atoms with E-state index in [9.17, 15) is 14.9 Å². The third-order valence-electron chi connectivity index (χ3n) is 2.61. The molecule has 108 valence electrons. The zero-order valence-electron chi connectivity index (χ0n) is 11.0. The summed E-state index contributed by atoms with van der Waals surface area (Å²) < 4.78 is 5.01. The summed E-state index contributed by atoms with van der Waals surface area (Å²) >= 11 is 5.72. The molecule has 2 aromatic rings. The number of rotatable bonds is 3. The van der Waals surface area contributed by atoms with Gasteiger partial charge in [0.25, 0.3) is 5.69 Å². The van der Waals surface area contributed by atoms with Crippen LogP contribution < -0.4 is 10.1 Å². The number of hydrogen-bond donors (Lipinski definition) is 1. The molecular formula is C14H11ClN2O4. The van der Waals surface area contributed by atoms with Crippen LogP contribution in [0.5, 0.6) is 5.75 Å². The van der Waals surface area contributed by atoms with E-state index in [1.807, 2.05) is 0 Å². The largest absolute Gasteiger partial charge is 0.417 e. The van der Waals surface area contributed by atoms with Gasteiger partial charge in [0.1, 0.15) is 11.4 Å². The van der Waals surface area contributed by atoms with Crippen molar-refractivity contribution in [3.05, 3.63) is 63.2 Å². The number of aryl methyl sites for hydroxylation is 1. The molecule has 0 bridgehead atoms. The van der Waals surface area contributed by atoms with Crippen LogP contribution in [-0.2, 0) is 0 Å². The second-order valence-electron chi connectivity index (χ2n) is 4.25. The van der Waals surface area contributed by atoms with Gasteiger partial charge in [-0.15, -0.1) is 0 Å². The summed E-state index contributed by atoms with van der Waals surface area (Å²) in [5.41, 5.74) is 0.603. The summed E-state index contributed by atoms with van der Waals surface area (Å²) in [4.78, 5) is 22.1. The topological polar surface area (TPSA) is 81.5 Å². The smallest absolute Gasteiger partial charge is 0.410 e. The number of amides is 1. The average Bonchev–Trinajstić information content (AvgIpc) is 2.43. The van der Waals surface area contributed by atoms with Crippen LogP contribution in [0.25, 0.3) is 0 Å². The molecule has 7 heteroatoms.